The molecule has 0 bridgehead atoms. The molecule has 2 aliphatic rings. The average molecular weight is 426 g/mol. The van der Waals surface area contributed by atoms with Crippen LogP contribution in [-0.4, -0.2) is 49.7 Å². The number of pyridine rings is 2. The van der Waals surface area contributed by atoms with Crippen molar-refractivity contribution in [1.29, 1.82) is 0 Å². The van der Waals surface area contributed by atoms with E-state index in [1.165, 1.54) is 5.70 Å². The van der Waals surface area contributed by atoms with E-state index in [0.717, 1.165) is 64.6 Å². The van der Waals surface area contributed by atoms with Crippen molar-refractivity contribution in [3.05, 3.63) is 72.6 Å². The van der Waals surface area contributed by atoms with Gasteiger partial charge in [0.15, 0.2) is 0 Å². The van der Waals surface area contributed by atoms with Gasteiger partial charge in [0.2, 0.25) is 0 Å². The van der Waals surface area contributed by atoms with Crippen LogP contribution in [0.5, 0.6) is 0 Å². The van der Waals surface area contributed by atoms with Crippen LogP contribution in [-0.2, 0) is 0 Å². The predicted octanol–water partition coefficient (Wildman–Crippen LogP) is 2.80. The van der Waals surface area contributed by atoms with Crippen LogP contribution < -0.4 is 16.3 Å². The summed E-state index contributed by atoms with van der Waals surface area (Å²) >= 11 is 0. The van der Waals surface area contributed by atoms with E-state index in [9.17, 15) is 0 Å². The van der Waals surface area contributed by atoms with E-state index < -0.39 is 0 Å². The van der Waals surface area contributed by atoms with Gasteiger partial charge >= 0.3 is 0 Å². The fourth-order valence-electron chi connectivity index (χ4n) is 4.13. The molecule has 0 unspecified atom stereocenters. The normalized spacial score (nSPS) is 16.0. The second-order valence-corrected chi connectivity index (χ2v) is 7.96. The zero-order valence-corrected chi connectivity index (χ0v) is 17.6. The number of aromatic nitrogens is 4. The van der Waals surface area contributed by atoms with E-state index in [1.807, 2.05) is 48.7 Å². The maximum Gasteiger partial charge on any atom is 0.0977 e. The number of fused-ring (bicyclic) bond motifs is 2. The maximum atomic E-state index is 4.65. The van der Waals surface area contributed by atoms with E-state index in [4.69, 9.17) is 0 Å². The monoisotopic (exact) mass is 425 g/mol. The van der Waals surface area contributed by atoms with Crippen molar-refractivity contribution in [2.24, 2.45) is 0 Å². The van der Waals surface area contributed by atoms with Crippen LogP contribution in [0, 0.1) is 6.92 Å². The molecule has 0 amide bonds. The second kappa shape index (κ2) is 7.63. The molecule has 9 heteroatoms. The van der Waals surface area contributed by atoms with Gasteiger partial charge in [0.05, 0.1) is 59.6 Å². The van der Waals surface area contributed by atoms with Gasteiger partial charge < -0.3 is 15.7 Å². The lowest BCUT2D eigenvalue weighted by atomic mass is 10.1. The standard InChI is InChI=1S/C23H23N9/c1-15-3-2-4-21(28-15)23-22(26-14-27-23)16-5-6-20-17(9-16)10-18(11-25-20)29-32-13-19-12-24-7-8-31(19)30-32/h2-6,9-12,14,24,29-30H,7-8,13H2,1H3,(H,26,27). The topological polar surface area (TPSA) is 97.0 Å². The number of H-pyrrole nitrogens is 1. The van der Waals surface area contributed by atoms with Crippen molar-refractivity contribution in [3.63, 3.8) is 0 Å². The Morgan fingerprint density at radius 1 is 1.09 bits per heavy atom. The summed E-state index contributed by atoms with van der Waals surface area (Å²) in [5.41, 5.74) is 14.5. The van der Waals surface area contributed by atoms with E-state index in [2.05, 4.69) is 59.4 Å². The first kappa shape index (κ1) is 18.8. The third-order valence-corrected chi connectivity index (χ3v) is 5.66. The van der Waals surface area contributed by atoms with Gasteiger partial charge in [-0.3, -0.25) is 15.0 Å². The minimum atomic E-state index is 0.755. The third-order valence-electron chi connectivity index (χ3n) is 5.66. The molecule has 0 saturated carbocycles. The maximum absolute atomic E-state index is 4.65. The lowest BCUT2D eigenvalue weighted by molar-refractivity contribution is 0.152. The molecule has 5 heterocycles. The molecule has 0 atom stereocenters. The lowest BCUT2D eigenvalue weighted by Gasteiger charge is -2.24. The van der Waals surface area contributed by atoms with E-state index in [0.29, 0.717) is 0 Å². The van der Waals surface area contributed by atoms with Gasteiger partial charge in [0, 0.05) is 29.4 Å². The lowest BCUT2D eigenvalue weighted by Crippen LogP contribution is -2.45. The molecular formula is C23H23N9. The van der Waals surface area contributed by atoms with Crippen LogP contribution in [0.1, 0.15) is 5.69 Å². The Balaban J connectivity index is 1.30. The van der Waals surface area contributed by atoms with Gasteiger partial charge in [-0.05, 0) is 37.3 Å². The SMILES string of the molecule is Cc1cccc(-c2[nH]cnc2-c2ccc3ncc(NN4CC5=CNCCN5N4)cc3c2)n1. The summed E-state index contributed by atoms with van der Waals surface area (Å²) in [7, 11) is 0. The Bertz CT molecular complexity index is 1330. The highest BCUT2D eigenvalue weighted by atomic mass is 15.9. The van der Waals surface area contributed by atoms with Crippen molar-refractivity contribution in [3.8, 4) is 22.6 Å². The van der Waals surface area contributed by atoms with Crippen molar-refractivity contribution >= 4 is 16.6 Å². The molecule has 0 spiro atoms. The Labute approximate surface area is 185 Å². The highest BCUT2D eigenvalue weighted by Crippen LogP contribution is 2.30. The fraction of sp³-hybridized carbons (Fsp3) is 0.174. The average Bonchev–Trinajstić information content (AvgIpc) is 3.45. The zero-order valence-electron chi connectivity index (χ0n) is 17.6. The largest absolute Gasteiger partial charge is 0.388 e. The van der Waals surface area contributed by atoms with Crippen molar-refractivity contribution in [1.82, 2.24) is 40.9 Å². The first-order valence-electron chi connectivity index (χ1n) is 10.6. The first-order chi connectivity index (χ1) is 15.7. The number of hydrogen-bond acceptors (Lipinski definition) is 8. The number of hydrazine groups is 3. The number of aromatic amines is 1. The predicted molar refractivity (Wildman–Crippen MR) is 124 cm³/mol. The summed E-state index contributed by atoms with van der Waals surface area (Å²) in [5.74, 6) is 0. The summed E-state index contributed by atoms with van der Waals surface area (Å²) < 4.78 is 0. The van der Waals surface area contributed by atoms with Gasteiger partial charge in [-0.25, -0.2) is 4.98 Å². The van der Waals surface area contributed by atoms with Crippen molar-refractivity contribution < 1.29 is 0 Å². The molecule has 0 radical (unpaired) electrons. The molecule has 32 heavy (non-hydrogen) atoms. The quantitative estimate of drug-likeness (QED) is 0.396. The minimum Gasteiger partial charge on any atom is -0.388 e. The van der Waals surface area contributed by atoms with Gasteiger partial charge in [-0.15, -0.1) is 10.7 Å². The molecule has 2 aliphatic heterocycles. The van der Waals surface area contributed by atoms with E-state index in [-0.39, 0.29) is 0 Å². The molecular weight excluding hydrogens is 402 g/mol. The number of hydrogen-bond donors (Lipinski definition) is 4. The van der Waals surface area contributed by atoms with Crippen LogP contribution in [0.3, 0.4) is 0 Å². The highest BCUT2D eigenvalue weighted by molar-refractivity contribution is 5.88. The molecule has 1 fully saturated rings. The van der Waals surface area contributed by atoms with Crippen LogP contribution in [0.15, 0.2) is 66.9 Å². The molecule has 3 aromatic heterocycles. The summed E-state index contributed by atoms with van der Waals surface area (Å²) in [6.07, 6.45) is 5.62. The van der Waals surface area contributed by atoms with Gasteiger partial charge in [0.25, 0.3) is 0 Å². The Morgan fingerprint density at radius 3 is 2.97 bits per heavy atom. The second-order valence-electron chi connectivity index (χ2n) is 7.96. The molecule has 6 rings (SSSR count). The highest BCUT2D eigenvalue weighted by Gasteiger charge is 2.25. The minimum absolute atomic E-state index is 0.755. The molecule has 4 N–H and O–H groups in total. The Hall–Kier alpha value is -3.95. The summed E-state index contributed by atoms with van der Waals surface area (Å²) in [6, 6.07) is 14.3. The smallest absolute Gasteiger partial charge is 0.0977 e. The van der Waals surface area contributed by atoms with Crippen molar-refractivity contribution in [2.45, 2.75) is 6.92 Å². The Kier molecular flexibility index (Phi) is 4.48. The third kappa shape index (κ3) is 3.43. The summed E-state index contributed by atoms with van der Waals surface area (Å²) in [6.45, 7) is 4.60. The van der Waals surface area contributed by atoms with Gasteiger partial charge in [-0.1, -0.05) is 12.1 Å². The van der Waals surface area contributed by atoms with E-state index >= 15 is 0 Å². The Morgan fingerprint density at radius 2 is 2.06 bits per heavy atom. The molecule has 0 aliphatic carbocycles. The summed E-state index contributed by atoms with van der Waals surface area (Å²) in [4.78, 5) is 17.1. The van der Waals surface area contributed by atoms with E-state index in [1.54, 1.807) is 6.33 Å². The van der Waals surface area contributed by atoms with Crippen LogP contribution >= 0.6 is 0 Å². The number of anilines is 1. The number of aryl methyl sites for hydroxylation is 1. The van der Waals surface area contributed by atoms with Gasteiger partial charge in [0.1, 0.15) is 0 Å². The molecule has 160 valence electrons. The van der Waals surface area contributed by atoms with Crippen LogP contribution in [0.4, 0.5) is 5.69 Å². The number of nitrogens with one attached hydrogen (secondary N) is 4. The molecule has 4 aromatic rings. The number of nitrogens with zero attached hydrogens (tertiary/aromatic N) is 5. The van der Waals surface area contributed by atoms with Crippen LogP contribution in [0.2, 0.25) is 0 Å². The van der Waals surface area contributed by atoms with Gasteiger partial charge in [-0.2, -0.15) is 0 Å². The number of benzene rings is 1. The fourth-order valence-corrected chi connectivity index (χ4v) is 4.13. The molecule has 1 saturated heterocycles. The van der Waals surface area contributed by atoms with Crippen LogP contribution in [0.25, 0.3) is 33.5 Å². The first-order valence-corrected chi connectivity index (χ1v) is 10.6. The molecule has 1 aromatic carbocycles. The molecule has 9 nitrogen and oxygen atoms in total. The van der Waals surface area contributed by atoms with Crippen molar-refractivity contribution in [2.75, 3.05) is 25.1 Å². The summed E-state index contributed by atoms with van der Waals surface area (Å²) in [5, 5.41) is 8.41. The number of rotatable bonds is 4. The number of imidazole rings is 1. The zero-order chi connectivity index (χ0) is 21.5.